The van der Waals surface area contributed by atoms with Crippen molar-refractivity contribution >= 4 is 41.7 Å². The monoisotopic (exact) mass is 503 g/mol. The van der Waals surface area contributed by atoms with Crippen molar-refractivity contribution < 1.29 is 4.52 Å². The lowest BCUT2D eigenvalue weighted by atomic mass is 10.2. The minimum Gasteiger partial charge on any atom is -0.356 e. The van der Waals surface area contributed by atoms with Crippen molar-refractivity contribution in [3.05, 3.63) is 41.5 Å². The Labute approximate surface area is 183 Å². The van der Waals surface area contributed by atoms with E-state index in [1.807, 2.05) is 14.1 Å². The third-order valence-electron chi connectivity index (χ3n) is 4.00. The molecule has 0 aliphatic rings. The topological polar surface area (TPSA) is 66.5 Å². The summed E-state index contributed by atoms with van der Waals surface area (Å²) < 4.78 is 5.27. The van der Waals surface area contributed by atoms with Gasteiger partial charge in [-0.2, -0.15) is 4.98 Å². The van der Waals surface area contributed by atoms with Crippen LogP contribution in [0.5, 0.6) is 0 Å². The summed E-state index contributed by atoms with van der Waals surface area (Å²) in [5.41, 5.74) is 1.26. The molecule has 6 nitrogen and oxygen atoms in total. The van der Waals surface area contributed by atoms with Crippen LogP contribution in [0.25, 0.3) is 0 Å². The second-order valence-electron chi connectivity index (χ2n) is 6.48. The maximum atomic E-state index is 5.27. The number of guanidine groups is 1. The SMILES string of the molecule is CN=C(NCCCc1nc(C(C)C)no1)N(C)Cc1ccc(SC)cc1.I. The zero-order chi connectivity index (χ0) is 18.9. The van der Waals surface area contributed by atoms with Gasteiger partial charge in [0.15, 0.2) is 11.8 Å². The molecule has 0 unspecified atom stereocenters. The molecule has 1 aromatic carbocycles. The zero-order valence-corrected chi connectivity index (χ0v) is 19.9. The van der Waals surface area contributed by atoms with E-state index >= 15 is 0 Å². The van der Waals surface area contributed by atoms with Gasteiger partial charge in [0.05, 0.1) is 0 Å². The Morgan fingerprint density at radius 1 is 1.30 bits per heavy atom. The molecular weight excluding hydrogens is 473 g/mol. The molecule has 2 rings (SSSR count). The van der Waals surface area contributed by atoms with Gasteiger partial charge in [-0.1, -0.05) is 31.1 Å². The molecule has 1 N–H and O–H groups in total. The lowest BCUT2D eigenvalue weighted by molar-refractivity contribution is 0.368. The molecule has 150 valence electrons. The lowest BCUT2D eigenvalue weighted by Gasteiger charge is -2.22. The molecule has 0 spiro atoms. The van der Waals surface area contributed by atoms with Crippen LogP contribution in [0.1, 0.15) is 43.5 Å². The standard InChI is InChI=1S/C19H29N5OS.HI/c1-14(2)18-22-17(25-23-18)7-6-12-21-19(20-3)24(4)13-15-8-10-16(26-5)11-9-15;/h8-11,14H,6-7,12-13H2,1-5H3,(H,20,21);1H. The van der Waals surface area contributed by atoms with E-state index in [1.54, 1.807) is 11.8 Å². The summed E-state index contributed by atoms with van der Waals surface area (Å²) in [6.45, 7) is 5.74. The predicted molar refractivity (Wildman–Crippen MR) is 123 cm³/mol. The Hall–Kier alpha value is -1.29. The van der Waals surface area contributed by atoms with E-state index < -0.39 is 0 Å². The average Bonchev–Trinajstić information content (AvgIpc) is 3.11. The van der Waals surface area contributed by atoms with Crippen LogP contribution in [0.3, 0.4) is 0 Å². The molecule has 0 amide bonds. The summed E-state index contributed by atoms with van der Waals surface area (Å²) in [6, 6.07) is 8.63. The van der Waals surface area contributed by atoms with Crippen LogP contribution in [-0.2, 0) is 13.0 Å². The van der Waals surface area contributed by atoms with Gasteiger partial charge in [0.1, 0.15) is 0 Å². The van der Waals surface area contributed by atoms with Crippen molar-refractivity contribution in [1.82, 2.24) is 20.4 Å². The normalized spacial score (nSPS) is 11.4. The Kier molecular flexibility index (Phi) is 10.8. The van der Waals surface area contributed by atoms with E-state index in [0.717, 1.165) is 37.7 Å². The number of nitrogens with zero attached hydrogens (tertiary/aromatic N) is 4. The van der Waals surface area contributed by atoms with Gasteiger partial charge in [0, 0.05) is 44.4 Å². The van der Waals surface area contributed by atoms with E-state index in [9.17, 15) is 0 Å². The highest BCUT2D eigenvalue weighted by molar-refractivity contribution is 14.0. The Morgan fingerprint density at radius 3 is 2.56 bits per heavy atom. The molecule has 1 aromatic heterocycles. The smallest absolute Gasteiger partial charge is 0.226 e. The van der Waals surface area contributed by atoms with Crippen molar-refractivity contribution in [1.29, 1.82) is 0 Å². The van der Waals surface area contributed by atoms with E-state index in [0.29, 0.717) is 11.8 Å². The molecule has 0 atom stereocenters. The second kappa shape index (κ2) is 12.2. The molecule has 1 heterocycles. The minimum atomic E-state index is 0. The molecule has 0 fully saturated rings. The summed E-state index contributed by atoms with van der Waals surface area (Å²) in [4.78, 5) is 12.2. The third kappa shape index (κ3) is 7.69. The van der Waals surface area contributed by atoms with Crippen LogP contribution in [0, 0.1) is 0 Å². The van der Waals surface area contributed by atoms with E-state index in [2.05, 4.69) is 69.7 Å². The number of halogens is 1. The Morgan fingerprint density at radius 2 is 2.00 bits per heavy atom. The summed E-state index contributed by atoms with van der Waals surface area (Å²) in [5.74, 6) is 2.65. The number of thioether (sulfide) groups is 1. The Bertz CT molecular complexity index is 702. The highest BCUT2D eigenvalue weighted by Gasteiger charge is 2.10. The van der Waals surface area contributed by atoms with Gasteiger partial charge in [-0.25, -0.2) is 0 Å². The first-order chi connectivity index (χ1) is 12.5. The van der Waals surface area contributed by atoms with Crippen molar-refractivity contribution in [3.63, 3.8) is 0 Å². The quantitative estimate of drug-likeness (QED) is 0.192. The molecule has 0 saturated carbocycles. The summed E-state index contributed by atoms with van der Waals surface area (Å²) >= 11 is 1.75. The van der Waals surface area contributed by atoms with Gasteiger partial charge >= 0.3 is 0 Å². The number of aryl methyl sites for hydroxylation is 1. The summed E-state index contributed by atoms with van der Waals surface area (Å²) in [7, 11) is 3.85. The van der Waals surface area contributed by atoms with Gasteiger partial charge < -0.3 is 14.7 Å². The molecule has 0 aliphatic carbocycles. The molecule has 8 heteroatoms. The fourth-order valence-corrected chi connectivity index (χ4v) is 2.92. The van der Waals surface area contributed by atoms with E-state index in [1.165, 1.54) is 10.5 Å². The molecule has 0 saturated heterocycles. The predicted octanol–water partition coefficient (Wildman–Crippen LogP) is 4.17. The van der Waals surface area contributed by atoms with Crippen LogP contribution in [0.15, 0.2) is 38.7 Å². The lowest BCUT2D eigenvalue weighted by Crippen LogP contribution is -2.39. The number of nitrogens with one attached hydrogen (secondary N) is 1. The molecular formula is C19H30IN5OS. The third-order valence-corrected chi connectivity index (χ3v) is 4.75. The summed E-state index contributed by atoms with van der Waals surface area (Å²) in [5, 5.41) is 7.39. The van der Waals surface area contributed by atoms with Gasteiger partial charge in [0.2, 0.25) is 5.89 Å². The molecule has 0 aliphatic heterocycles. The van der Waals surface area contributed by atoms with Crippen LogP contribution < -0.4 is 5.32 Å². The molecule has 2 aromatic rings. The van der Waals surface area contributed by atoms with Gasteiger partial charge in [-0.3, -0.25) is 4.99 Å². The first-order valence-electron chi connectivity index (χ1n) is 8.90. The second-order valence-corrected chi connectivity index (χ2v) is 7.36. The number of aliphatic imine (C=N–C) groups is 1. The molecule has 0 bridgehead atoms. The van der Waals surface area contributed by atoms with Gasteiger partial charge in [-0.05, 0) is 30.4 Å². The number of rotatable bonds is 8. The average molecular weight is 503 g/mol. The van der Waals surface area contributed by atoms with Crippen LogP contribution >= 0.6 is 35.7 Å². The number of benzene rings is 1. The van der Waals surface area contributed by atoms with E-state index in [4.69, 9.17) is 4.52 Å². The maximum absolute atomic E-state index is 5.27. The maximum Gasteiger partial charge on any atom is 0.226 e. The Balaban J connectivity index is 0.00000364. The first-order valence-corrected chi connectivity index (χ1v) is 10.1. The number of hydrogen-bond acceptors (Lipinski definition) is 5. The van der Waals surface area contributed by atoms with Gasteiger partial charge in [-0.15, -0.1) is 35.7 Å². The van der Waals surface area contributed by atoms with Crippen molar-refractivity contribution in [2.75, 3.05) is 26.9 Å². The molecule has 27 heavy (non-hydrogen) atoms. The highest BCUT2D eigenvalue weighted by Crippen LogP contribution is 2.15. The number of hydrogen-bond donors (Lipinski definition) is 1. The van der Waals surface area contributed by atoms with E-state index in [-0.39, 0.29) is 24.0 Å². The minimum absolute atomic E-state index is 0. The van der Waals surface area contributed by atoms with Crippen LogP contribution in [0.4, 0.5) is 0 Å². The fourth-order valence-electron chi connectivity index (χ4n) is 2.51. The van der Waals surface area contributed by atoms with Crippen LogP contribution in [-0.4, -0.2) is 47.9 Å². The van der Waals surface area contributed by atoms with Crippen molar-refractivity contribution in [2.45, 2.75) is 44.0 Å². The number of aromatic nitrogens is 2. The largest absolute Gasteiger partial charge is 0.356 e. The van der Waals surface area contributed by atoms with Gasteiger partial charge in [0.25, 0.3) is 0 Å². The summed E-state index contributed by atoms with van der Waals surface area (Å²) in [6.07, 6.45) is 3.77. The van der Waals surface area contributed by atoms with Crippen molar-refractivity contribution in [3.8, 4) is 0 Å². The highest BCUT2D eigenvalue weighted by atomic mass is 127. The first kappa shape index (κ1) is 23.7. The fraction of sp³-hybridized carbons (Fsp3) is 0.526. The zero-order valence-electron chi connectivity index (χ0n) is 16.7. The van der Waals surface area contributed by atoms with Crippen molar-refractivity contribution in [2.24, 2.45) is 4.99 Å². The van der Waals surface area contributed by atoms with Crippen LogP contribution in [0.2, 0.25) is 0 Å². The molecule has 0 radical (unpaired) electrons.